The maximum atomic E-state index is 12.4. The van der Waals surface area contributed by atoms with Gasteiger partial charge in [0.15, 0.2) is 0 Å². The summed E-state index contributed by atoms with van der Waals surface area (Å²) in [5, 5.41) is 1.59. The van der Waals surface area contributed by atoms with E-state index in [0.717, 1.165) is 24.2 Å². The molecule has 3 rings (SSSR count). The molecule has 118 valence electrons. The first-order valence-electron chi connectivity index (χ1n) is 6.63. The van der Waals surface area contributed by atoms with Gasteiger partial charge in [0.05, 0.1) is 0 Å². The molecule has 8 heteroatoms. The van der Waals surface area contributed by atoms with Crippen molar-refractivity contribution in [2.45, 2.75) is 25.5 Å². The average molecular weight is 339 g/mol. The Morgan fingerprint density at radius 1 is 1.43 bits per heavy atom. The number of carbonyl (C=O) groups excluding carboxylic acids is 1. The standard InChI is InChI=1S/C13H16F2N2O2S.ClH/c14-13(15)19-10-3-4-20-11(10)12(18)17-5-7-1-2-9(16)8(7)6-17;/h3-4,7-9,13H,1-2,5-6,16H2;1H. The molecule has 4 nitrogen and oxygen atoms in total. The summed E-state index contributed by atoms with van der Waals surface area (Å²) in [4.78, 5) is 14.4. The van der Waals surface area contributed by atoms with E-state index in [2.05, 4.69) is 4.74 Å². The second-order valence-corrected chi connectivity index (χ2v) is 6.28. The fraction of sp³-hybridized carbons (Fsp3) is 0.615. The van der Waals surface area contributed by atoms with Crippen LogP contribution in [0.2, 0.25) is 0 Å². The SMILES string of the molecule is Cl.NC1CCC2CN(C(=O)c3sccc3OC(F)F)CC12. The predicted octanol–water partition coefficient (Wildman–Crippen LogP) is 2.58. The summed E-state index contributed by atoms with van der Waals surface area (Å²) in [5.41, 5.74) is 6.04. The Morgan fingerprint density at radius 3 is 2.86 bits per heavy atom. The van der Waals surface area contributed by atoms with E-state index in [0.29, 0.717) is 24.9 Å². The zero-order valence-electron chi connectivity index (χ0n) is 11.2. The van der Waals surface area contributed by atoms with Gasteiger partial charge >= 0.3 is 6.61 Å². The van der Waals surface area contributed by atoms with Gasteiger partial charge in [-0.15, -0.1) is 23.7 Å². The molecule has 3 unspecified atom stereocenters. The molecule has 1 aliphatic heterocycles. The second-order valence-electron chi connectivity index (χ2n) is 5.37. The molecule has 1 aromatic rings. The van der Waals surface area contributed by atoms with Crippen molar-refractivity contribution in [2.75, 3.05) is 13.1 Å². The number of alkyl halides is 2. The first-order valence-corrected chi connectivity index (χ1v) is 7.51. The normalized spacial score (nSPS) is 27.6. The van der Waals surface area contributed by atoms with Crippen LogP contribution in [0.4, 0.5) is 8.78 Å². The Morgan fingerprint density at radius 2 is 2.19 bits per heavy atom. The zero-order chi connectivity index (χ0) is 14.3. The van der Waals surface area contributed by atoms with Gasteiger partial charge in [0.25, 0.3) is 5.91 Å². The molecule has 1 saturated carbocycles. The Kier molecular flexibility index (Phi) is 5.06. The second kappa shape index (κ2) is 6.46. The Labute approximate surface area is 131 Å². The van der Waals surface area contributed by atoms with Gasteiger partial charge in [0, 0.05) is 19.1 Å². The highest BCUT2D eigenvalue weighted by Gasteiger charge is 2.43. The Bertz CT molecular complexity index is 514. The van der Waals surface area contributed by atoms with Crippen molar-refractivity contribution in [3.05, 3.63) is 16.3 Å². The summed E-state index contributed by atoms with van der Waals surface area (Å²) in [5.74, 6) is 0.542. The largest absolute Gasteiger partial charge is 0.433 e. The fourth-order valence-electron chi connectivity index (χ4n) is 3.26. The number of hydrogen-bond donors (Lipinski definition) is 1. The summed E-state index contributed by atoms with van der Waals surface area (Å²) < 4.78 is 29.0. The van der Waals surface area contributed by atoms with Crippen molar-refractivity contribution in [1.29, 1.82) is 0 Å². The molecule has 1 amide bonds. The minimum absolute atomic E-state index is 0. The Balaban J connectivity index is 0.00000161. The first kappa shape index (κ1) is 16.5. The summed E-state index contributed by atoms with van der Waals surface area (Å²) in [6, 6.07) is 1.56. The van der Waals surface area contributed by atoms with Gasteiger partial charge in [-0.1, -0.05) is 0 Å². The molecule has 2 heterocycles. The van der Waals surface area contributed by atoms with Crippen molar-refractivity contribution in [1.82, 2.24) is 4.90 Å². The van der Waals surface area contributed by atoms with Crippen LogP contribution in [0.15, 0.2) is 11.4 Å². The molecule has 2 aliphatic rings. The molecule has 0 aromatic carbocycles. The quantitative estimate of drug-likeness (QED) is 0.921. The minimum atomic E-state index is -2.91. The van der Waals surface area contributed by atoms with Crippen molar-refractivity contribution in [3.63, 3.8) is 0 Å². The highest BCUT2D eigenvalue weighted by Crippen LogP contribution is 2.38. The van der Waals surface area contributed by atoms with E-state index in [9.17, 15) is 13.6 Å². The highest BCUT2D eigenvalue weighted by atomic mass is 35.5. The number of rotatable bonds is 3. The van der Waals surface area contributed by atoms with Crippen LogP contribution in [-0.2, 0) is 0 Å². The van der Waals surface area contributed by atoms with E-state index in [1.54, 1.807) is 10.3 Å². The number of nitrogens with zero attached hydrogens (tertiary/aromatic N) is 1. The highest BCUT2D eigenvalue weighted by molar-refractivity contribution is 7.12. The van der Waals surface area contributed by atoms with Crippen LogP contribution in [-0.4, -0.2) is 36.5 Å². The van der Waals surface area contributed by atoms with Crippen LogP contribution >= 0.6 is 23.7 Å². The van der Waals surface area contributed by atoms with E-state index < -0.39 is 6.61 Å². The number of hydrogen-bond acceptors (Lipinski definition) is 4. The topological polar surface area (TPSA) is 55.6 Å². The number of halogens is 3. The van der Waals surface area contributed by atoms with E-state index >= 15 is 0 Å². The fourth-order valence-corrected chi connectivity index (χ4v) is 4.05. The summed E-state index contributed by atoms with van der Waals surface area (Å²) in [6.07, 6.45) is 2.05. The van der Waals surface area contributed by atoms with Gasteiger partial charge in [0.2, 0.25) is 0 Å². The average Bonchev–Trinajstić information content (AvgIpc) is 3.06. The van der Waals surface area contributed by atoms with Crippen LogP contribution in [0.5, 0.6) is 5.75 Å². The van der Waals surface area contributed by atoms with Crippen LogP contribution < -0.4 is 10.5 Å². The number of fused-ring (bicyclic) bond motifs is 1. The van der Waals surface area contributed by atoms with Crippen molar-refractivity contribution < 1.29 is 18.3 Å². The van der Waals surface area contributed by atoms with Crippen molar-refractivity contribution in [2.24, 2.45) is 17.6 Å². The third-order valence-corrected chi connectivity index (χ3v) is 5.12. The van der Waals surface area contributed by atoms with Crippen molar-refractivity contribution >= 4 is 29.7 Å². The molecule has 0 radical (unpaired) electrons. The third-order valence-electron chi connectivity index (χ3n) is 4.24. The summed E-state index contributed by atoms with van der Waals surface area (Å²) in [6.45, 7) is -1.62. The maximum absolute atomic E-state index is 12.4. The van der Waals surface area contributed by atoms with Crippen LogP contribution in [0.25, 0.3) is 0 Å². The molecule has 1 aromatic heterocycles. The molecular formula is C13H17ClF2N2O2S. The van der Waals surface area contributed by atoms with Crippen LogP contribution in [0.3, 0.4) is 0 Å². The lowest BCUT2D eigenvalue weighted by Gasteiger charge is -2.18. The molecule has 21 heavy (non-hydrogen) atoms. The first-order chi connectivity index (χ1) is 9.56. The Hall–Kier alpha value is -0.920. The van der Waals surface area contributed by atoms with E-state index in [1.807, 2.05) is 0 Å². The third kappa shape index (κ3) is 3.14. The van der Waals surface area contributed by atoms with E-state index in [-0.39, 0.29) is 35.0 Å². The van der Waals surface area contributed by atoms with Gasteiger partial charge in [-0.2, -0.15) is 8.78 Å². The molecule has 2 N–H and O–H groups in total. The molecular weight excluding hydrogens is 322 g/mol. The van der Waals surface area contributed by atoms with Crippen LogP contribution in [0.1, 0.15) is 22.5 Å². The molecule has 1 saturated heterocycles. The van der Waals surface area contributed by atoms with Crippen molar-refractivity contribution in [3.8, 4) is 5.75 Å². The number of amides is 1. The smallest absolute Gasteiger partial charge is 0.387 e. The van der Waals surface area contributed by atoms with E-state index in [4.69, 9.17) is 5.73 Å². The van der Waals surface area contributed by atoms with Gasteiger partial charge in [-0.3, -0.25) is 4.79 Å². The number of carbonyl (C=O) groups is 1. The lowest BCUT2D eigenvalue weighted by Crippen LogP contribution is -2.33. The zero-order valence-corrected chi connectivity index (χ0v) is 12.8. The molecule has 0 spiro atoms. The lowest BCUT2D eigenvalue weighted by atomic mass is 9.98. The van der Waals surface area contributed by atoms with Gasteiger partial charge in [0.1, 0.15) is 10.6 Å². The molecule has 2 fully saturated rings. The molecule has 1 aliphatic carbocycles. The predicted molar refractivity (Wildman–Crippen MR) is 78.3 cm³/mol. The molecule has 3 atom stereocenters. The number of likely N-dealkylation sites (tertiary alicyclic amines) is 1. The number of thiophene rings is 1. The van der Waals surface area contributed by atoms with E-state index in [1.165, 1.54) is 6.07 Å². The maximum Gasteiger partial charge on any atom is 0.387 e. The molecule has 0 bridgehead atoms. The van der Waals surface area contributed by atoms with Gasteiger partial charge < -0.3 is 15.4 Å². The van der Waals surface area contributed by atoms with Crippen LogP contribution in [0, 0.1) is 11.8 Å². The monoisotopic (exact) mass is 338 g/mol. The number of nitrogens with two attached hydrogens (primary N) is 1. The van der Waals surface area contributed by atoms with Gasteiger partial charge in [-0.25, -0.2) is 0 Å². The summed E-state index contributed by atoms with van der Waals surface area (Å²) >= 11 is 1.13. The number of ether oxygens (including phenoxy) is 1. The minimum Gasteiger partial charge on any atom is -0.433 e. The van der Waals surface area contributed by atoms with Gasteiger partial charge in [-0.05, 0) is 36.1 Å². The lowest BCUT2D eigenvalue weighted by molar-refractivity contribution is -0.0499. The summed E-state index contributed by atoms with van der Waals surface area (Å²) in [7, 11) is 0.